The third-order valence-electron chi connectivity index (χ3n) is 9.54. The molecule has 4 aromatic heterocycles. The number of aryl methyl sites for hydroxylation is 1. The first-order valence-corrected chi connectivity index (χ1v) is 18.2. The maximum absolute atomic E-state index is 13.3. The molecule has 0 radical (unpaired) electrons. The zero-order valence-corrected chi connectivity index (χ0v) is 29.0. The molecule has 2 aliphatic heterocycles. The van der Waals surface area contributed by atoms with Crippen molar-refractivity contribution >= 4 is 45.9 Å². The van der Waals surface area contributed by atoms with Crippen LogP contribution in [0.2, 0.25) is 0 Å². The molecule has 2 saturated heterocycles. The Kier molecular flexibility index (Phi) is 10.1. The predicted octanol–water partition coefficient (Wildman–Crippen LogP) is 5.27. The van der Waals surface area contributed by atoms with Gasteiger partial charge in [0.15, 0.2) is 5.82 Å². The molecule has 50 heavy (non-hydrogen) atoms. The zero-order chi connectivity index (χ0) is 34.5. The molecule has 5 aromatic rings. The number of thioether (sulfide) groups is 1. The molecule has 0 bridgehead atoms. The quantitative estimate of drug-likeness (QED) is 0.198. The number of aromatic nitrogens is 6. The molecule has 6 heterocycles. The van der Waals surface area contributed by atoms with Crippen LogP contribution in [0.3, 0.4) is 0 Å². The SMILES string of the molecule is CS[C@@H](C#CC(=O)Nc1ccc2[nH]nc(-c3ccnc(C)c3)c2c1)C1CCN(CC(=O)C2CCN(c3ccc(-c4ncccn4)cn3)CC2)C1. The number of anilines is 2. The summed E-state index contributed by atoms with van der Waals surface area (Å²) < 4.78 is 0. The Morgan fingerprint density at radius 1 is 0.980 bits per heavy atom. The molecule has 0 saturated carbocycles. The van der Waals surface area contributed by atoms with Crippen molar-refractivity contribution in [3.05, 3.63) is 79.0 Å². The number of carbonyl (C=O) groups is 2. The fourth-order valence-electron chi connectivity index (χ4n) is 6.86. The number of pyridine rings is 2. The molecular formula is C38H39N9O2S. The number of Topliss-reactive ketones (excluding diaryl/α,β-unsaturated/α-hetero) is 1. The number of likely N-dealkylation sites (tertiary alicyclic amines) is 1. The lowest BCUT2D eigenvalue weighted by atomic mass is 9.92. The average Bonchev–Trinajstić information content (AvgIpc) is 3.79. The van der Waals surface area contributed by atoms with Gasteiger partial charge in [-0.05, 0) is 99.4 Å². The first-order valence-electron chi connectivity index (χ1n) is 16.9. The minimum atomic E-state index is -0.346. The van der Waals surface area contributed by atoms with E-state index in [0.29, 0.717) is 29.8 Å². The second-order valence-corrected chi connectivity index (χ2v) is 13.9. The Labute approximate surface area is 295 Å². The number of hydrogen-bond donors (Lipinski definition) is 2. The molecule has 1 aromatic carbocycles. The van der Waals surface area contributed by atoms with Crippen LogP contribution in [-0.4, -0.2) is 91.0 Å². The van der Waals surface area contributed by atoms with Gasteiger partial charge in [0.25, 0.3) is 5.91 Å². The number of H-pyrrole nitrogens is 1. The largest absolute Gasteiger partial charge is 0.357 e. The average molecular weight is 686 g/mol. The summed E-state index contributed by atoms with van der Waals surface area (Å²) in [5.74, 6) is 7.97. The van der Waals surface area contributed by atoms with Crippen LogP contribution < -0.4 is 10.2 Å². The minimum absolute atomic E-state index is 0.00863. The molecule has 254 valence electrons. The highest BCUT2D eigenvalue weighted by atomic mass is 32.2. The van der Waals surface area contributed by atoms with Crippen LogP contribution >= 0.6 is 11.8 Å². The predicted molar refractivity (Wildman–Crippen MR) is 198 cm³/mol. The highest BCUT2D eigenvalue weighted by molar-refractivity contribution is 7.99. The summed E-state index contributed by atoms with van der Waals surface area (Å²) >= 11 is 1.66. The second kappa shape index (κ2) is 15.2. The number of hydrogen-bond acceptors (Lipinski definition) is 10. The molecule has 1 unspecified atom stereocenters. The number of nitrogens with zero attached hydrogens (tertiary/aromatic N) is 7. The van der Waals surface area contributed by atoms with Gasteiger partial charge in [-0.25, -0.2) is 15.0 Å². The maximum atomic E-state index is 13.3. The summed E-state index contributed by atoms with van der Waals surface area (Å²) in [6.07, 6.45) is 11.7. The van der Waals surface area contributed by atoms with E-state index in [9.17, 15) is 9.59 Å². The van der Waals surface area contributed by atoms with Crippen LogP contribution in [0.5, 0.6) is 0 Å². The van der Waals surface area contributed by atoms with Gasteiger partial charge in [-0.1, -0.05) is 5.92 Å². The van der Waals surface area contributed by atoms with Crippen molar-refractivity contribution in [1.82, 2.24) is 35.0 Å². The van der Waals surface area contributed by atoms with E-state index in [0.717, 1.165) is 84.7 Å². The van der Waals surface area contributed by atoms with Gasteiger partial charge in [0.05, 0.1) is 17.3 Å². The number of aromatic amines is 1. The Morgan fingerprint density at radius 3 is 2.58 bits per heavy atom. The van der Waals surface area contributed by atoms with Crippen LogP contribution in [0.4, 0.5) is 11.5 Å². The fourth-order valence-corrected chi connectivity index (χ4v) is 7.64. The molecule has 1 amide bonds. The highest BCUT2D eigenvalue weighted by Gasteiger charge is 2.32. The van der Waals surface area contributed by atoms with Crippen LogP contribution in [0.1, 0.15) is 25.0 Å². The van der Waals surface area contributed by atoms with Crippen molar-refractivity contribution < 1.29 is 9.59 Å². The van der Waals surface area contributed by atoms with Crippen LogP contribution in [0, 0.1) is 30.6 Å². The number of amides is 1. The smallest absolute Gasteiger partial charge is 0.300 e. The summed E-state index contributed by atoms with van der Waals surface area (Å²) in [5.41, 5.74) is 5.11. The van der Waals surface area contributed by atoms with Gasteiger partial charge < -0.3 is 10.2 Å². The number of fused-ring (bicyclic) bond motifs is 1. The van der Waals surface area contributed by atoms with Gasteiger partial charge in [-0.3, -0.25) is 24.6 Å². The van der Waals surface area contributed by atoms with Gasteiger partial charge in [-0.2, -0.15) is 5.10 Å². The zero-order valence-electron chi connectivity index (χ0n) is 28.2. The molecule has 2 atom stereocenters. The number of carbonyl (C=O) groups excluding carboxylic acids is 2. The van der Waals surface area contributed by atoms with Crippen LogP contribution in [0.15, 0.2) is 73.3 Å². The van der Waals surface area contributed by atoms with Gasteiger partial charge in [0.2, 0.25) is 0 Å². The first-order chi connectivity index (χ1) is 24.4. The van der Waals surface area contributed by atoms with Crippen LogP contribution in [-0.2, 0) is 9.59 Å². The highest BCUT2D eigenvalue weighted by Crippen LogP contribution is 2.30. The van der Waals surface area contributed by atoms with Crippen molar-refractivity contribution in [3.63, 3.8) is 0 Å². The summed E-state index contributed by atoms with van der Waals surface area (Å²) in [7, 11) is 0. The van der Waals surface area contributed by atoms with Crippen molar-refractivity contribution in [2.75, 3.05) is 49.2 Å². The lowest BCUT2D eigenvalue weighted by molar-refractivity contribution is -0.124. The molecule has 11 nitrogen and oxygen atoms in total. The van der Waals surface area contributed by atoms with Crippen molar-refractivity contribution in [2.45, 2.75) is 31.4 Å². The third-order valence-corrected chi connectivity index (χ3v) is 10.5. The number of benzene rings is 1. The van der Waals surface area contributed by atoms with Gasteiger partial charge >= 0.3 is 0 Å². The lowest BCUT2D eigenvalue weighted by Crippen LogP contribution is -2.40. The summed E-state index contributed by atoms with van der Waals surface area (Å²) in [6.45, 7) is 5.70. The Bertz CT molecular complexity index is 2030. The van der Waals surface area contributed by atoms with E-state index in [1.165, 1.54) is 0 Å². The number of piperidine rings is 1. The maximum Gasteiger partial charge on any atom is 0.300 e. The standard InChI is InChI=1S/C38H39N9O2S/c1-25-20-27(10-16-39-25)37-31-21-30(5-6-32(31)44-45-37)43-36(49)9-7-34(50-2)29-11-17-46(23-29)24-33(48)26-12-18-47(19-13-26)35-8-4-28(22-42-35)38-40-14-3-15-41-38/h3-6,8,10,14-16,20-22,26,29,34H,11-13,17-19,23-24H2,1-2H3,(H,43,49)(H,44,45)/t29?,34-/m0/s1. The fraction of sp³-hybridized carbons (Fsp3) is 0.342. The van der Waals surface area contributed by atoms with E-state index >= 15 is 0 Å². The van der Waals surface area contributed by atoms with E-state index in [1.54, 1.807) is 36.4 Å². The van der Waals surface area contributed by atoms with E-state index in [4.69, 9.17) is 0 Å². The van der Waals surface area contributed by atoms with Crippen molar-refractivity contribution in [3.8, 4) is 34.5 Å². The normalized spacial score (nSPS) is 17.3. The monoisotopic (exact) mass is 685 g/mol. The number of nitrogens with one attached hydrogen (secondary N) is 2. The van der Waals surface area contributed by atoms with Gasteiger partial charge in [0, 0.05) is 78.2 Å². The molecule has 2 N–H and O–H groups in total. The topological polar surface area (TPSA) is 133 Å². The third kappa shape index (κ3) is 7.69. The van der Waals surface area contributed by atoms with E-state index in [-0.39, 0.29) is 17.1 Å². The lowest BCUT2D eigenvalue weighted by Gasteiger charge is -2.32. The molecule has 7 rings (SSSR count). The van der Waals surface area contributed by atoms with Gasteiger partial charge in [0.1, 0.15) is 17.3 Å². The molecule has 0 aliphatic carbocycles. The molecule has 2 aliphatic rings. The van der Waals surface area contributed by atoms with E-state index < -0.39 is 0 Å². The summed E-state index contributed by atoms with van der Waals surface area (Å²) in [5, 5.41) is 11.4. The molecule has 12 heteroatoms. The number of rotatable bonds is 9. The Hall–Kier alpha value is -5.12. The van der Waals surface area contributed by atoms with Crippen molar-refractivity contribution in [1.29, 1.82) is 0 Å². The Balaban J connectivity index is 0.889. The van der Waals surface area contributed by atoms with Gasteiger partial charge in [-0.15, -0.1) is 11.8 Å². The van der Waals surface area contributed by atoms with Crippen LogP contribution in [0.25, 0.3) is 33.5 Å². The van der Waals surface area contributed by atoms with Crippen molar-refractivity contribution in [2.24, 2.45) is 11.8 Å². The summed E-state index contributed by atoms with van der Waals surface area (Å²) in [6, 6.07) is 15.4. The molecular weight excluding hydrogens is 647 g/mol. The molecule has 2 fully saturated rings. The first kappa shape index (κ1) is 33.4. The Morgan fingerprint density at radius 2 is 1.82 bits per heavy atom. The van der Waals surface area contributed by atoms with E-state index in [2.05, 4.69) is 57.1 Å². The molecule has 0 spiro atoms. The number of ketones is 1. The second-order valence-electron chi connectivity index (χ2n) is 12.9. The van der Waals surface area contributed by atoms with E-state index in [1.807, 2.05) is 61.8 Å². The summed E-state index contributed by atoms with van der Waals surface area (Å²) in [4.78, 5) is 48.3. The minimum Gasteiger partial charge on any atom is -0.357 e.